The van der Waals surface area contributed by atoms with Gasteiger partial charge in [-0.2, -0.15) is 0 Å². The lowest BCUT2D eigenvalue weighted by atomic mass is 10.1. The monoisotopic (exact) mass is 286 g/mol. The Labute approximate surface area is 123 Å². The highest BCUT2D eigenvalue weighted by molar-refractivity contribution is 8.14. The van der Waals surface area contributed by atoms with E-state index in [1.807, 2.05) is 6.92 Å². The number of benzene rings is 2. The molecule has 1 saturated heterocycles. The first-order chi connectivity index (χ1) is 9.78. The second-order valence-electron chi connectivity index (χ2n) is 4.78. The van der Waals surface area contributed by atoms with Gasteiger partial charge in [-0.3, -0.25) is 0 Å². The third-order valence-electron chi connectivity index (χ3n) is 3.32. The van der Waals surface area contributed by atoms with Crippen molar-refractivity contribution in [2.75, 3.05) is 20.2 Å². The quantitative estimate of drug-likeness (QED) is 0.856. The van der Waals surface area contributed by atoms with Gasteiger partial charge in [0, 0.05) is 19.0 Å². The van der Waals surface area contributed by atoms with E-state index in [2.05, 4.69) is 54.4 Å². The zero-order valence-electron chi connectivity index (χ0n) is 11.7. The van der Waals surface area contributed by atoms with E-state index in [9.17, 15) is 0 Å². The molecular weight excluding hydrogens is 268 g/mol. The Balaban J connectivity index is 1.94. The topological polar surface area (TPSA) is 24.8 Å². The summed E-state index contributed by atoms with van der Waals surface area (Å²) in [6.45, 7) is 3.66. The van der Waals surface area contributed by atoms with Crippen molar-refractivity contribution in [2.45, 2.75) is 12.4 Å². The molecule has 104 valence electrons. The molecule has 1 heterocycles. The van der Waals surface area contributed by atoms with Crippen LogP contribution in [0.3, 0.4) is 0 Å². The van der Waals surface area contributed by atoms with Crippen molar-refractivity contribution in [3.8, 4) is 0 Å². The Kier molecular flexibility index (Phi) is 3.94. The first-order valence-electron chi connectivity index (χ1n) is 6.84. The zero-order chi connectivity index (χ0) is 13.9. The summed E-state index contributed by atoms with van der Waals surface area (Å²) in [4.78, 5) is 6.98. The summed E-state index contributed by atoms with van der Waals surface area (Å²) in [6, 6.07) is 14.6. The van der Waals surface area contributed by atoms with Crippen LogP contribution >= 0.6 is 11.8 Å². The van der Waals surface area contributed by atoms with E-state index >= 15 is 0 Å². The normalized spacial score (nSPS) is 21.0. The lowest BCUT2D eigenvalue weighted by molar-refractivity contribution is 0.117. The average Bonchev–Trinajstić information content (AvgIpc) is 2.80. The molecule has 0 unspecified atom stereocenters. The minimum absolute atomic E-state index is 0.193. The van der Waals surface area contributed by atoms with E-state index in [4.69, 9.17) is 9.73 Å². The van der Waals surface area contributed by atoms with Gasteiger partial charge >= 0.3 is 0 Å². The van der Waals surface area contributed by atoms with Gasteiger partial charge in [0.15, 0.2) is 5.17 Å². The molecule has 4 heteroatoms. The lowest BCUT2D eigenvalue weighted by Gasteiger charge is -2.10. The summed E-state index contributed by atoms with van der Waals surface area (Å²) >= 11 is 1.70. The smallest absolute Gasteiger partial charge is 0.166 e. The van der Waals surface area contributed by atoms with E-state index in [1.165, 1.54) is 10.8 Å². The molecule has 0 aromatic heterocycles. The van der Waals surface area contributed by atoms with E-state index in [1.54, 1.807) is 11.8 Å². The summed E-state index contributed by atoms with van der Waals surface area (Å²) in [7, 11) is 2.07. The molecule has 20 heavy (non-hydrogen) atoms. The molecule has 2 aromatic rings. The van der Waals surface area contributed by atoms with Gasteiger partial charge in [-0.1, -0.05) is 48.2 Å². The number of fused-ring (bicyclic) bond motifs is 1. The molecule has 3 rings (SSSR count). The Hall–Kier alpha value is -1.52. The van der Waals surface area contributed by atoms with Crippen LogP contribution in [-0.2, 0) is 4.74 Å². The fourth-order valence-electron chi connectivity index (χ4n) is 2.34. The van der Waals surface area contributed by atoms with Gasteiger partial charge in [0.05, 0.1) is 12.2 Å². The van der Waals surface area contributed by atoms with Crippen LogP contribution in [0.5, 0.6) is 0 Å². The maximum Gasteiger partial charge on any atom is 0.166 e. The highest BCUT2D eigenvalue weighted by Gasteiger charge is 2.26. The number of likely N-dealkylation sites (N-methyl/N-ethyl adjacent to an activating group) is 1. The first kappa shape index (κ1) is 13.5. The van der Waals surface area contributed by atoms with Crippen LogP contribution in [0.25, 0.3) is 10.8 Å². The maximum absolute atomic E-state index is 5.67. The average molecular weight is 286 g/mol. The zero-order valence-corrected chi connectivity index (χ0v) is 12.6. The van der Waals surface area contributed by atoms with E-state index in [0.717, 1.165) is 24.0 Å². The first-order valence-corrected chi connectivity index (χ1v) is 7.71. The molecule has 2 aromatic carbocycles. The van der Waals surface area contributed by atoms with Crippen molar-refractivity contribution in [1.29, 1.82) is 0 Å². The molecule has 1 atom stereocenters. The highest BCUT2D eigenvalue weighted by Crippen LogP contribution is 2.31. The summed E-state index contributed by atoms with van der Waals surface area (Å²) in [5, 5.41) is 3.44. The number of amidine groups is 1. The van der Waals surface area contributed by atoms with E-state index < -0.39 is 0 Å². The van der Waals surface area contributed by atoms with Gasteiger partial charge in [-0.15, -0.1) is 0 Å². The number of hydrogen-bond donors (Lipinski definition) is 0. The molecule has 1 aliphatic rings. The Morgan fingerprint density at radius 1 is 1.25 bits per heavy atom. The number of ether oxygens (including phenoxy) is 1. The van der Waals surface area contributed by atoms with Crippen LogP contribution in [0.4, 0.5) is 5.69 Å². The SMILES string of the molecule is CCO[C@@H]1CN(C)C(=Nc2cccc3ccccc23)S1. The Bertz CT molecular complexity index is 636. The third-order valence-corrected chi connectivity index (χ3v) is 4.48. The molecule has 0 radical (unpaired) electrons. The van der Waals surface area contributed by atoms with Crippen molar-refractivity contribution >= 4 is 33.4 Å². The minimum Gasteiger partial charge on any atom is -0.366 e. The van der Waals surface area contributed by atoms with E-state index in [-0.39, 0.29) is 5.44 Å². The molecule has 3 nitrogen and oxygen atoms in total. The minimum atomic E-state index is 0.193. The fraction of sp³-hybridized carbons (Fsp3) is 0.312. The number of aliphatic imine (C=N–C) groups is 1. The molecule has 0 N–H and O–H groups in total. The molecular formula is C16H18N2OS. The van der Waals surface area contributed by atoms with Gasteiger partial charge in [-0.25, -0.2) is 4.99 Å². The second kappa shape index (κ2) is 5.85. The molecule has 1 fully saturated rings. The number of nitrogens with zero attached hydrogens (tertiary/aromatic N) is 2. The number of hydrogen-bond acceptors (Lipinski definition) is 3. The number of thioether (sulfide) groups is 1. The Morgan fingerprint density at radius 2 is 2.05 bits per heavy atom. The van der Waals surface area contributed by atoms with Crippen molar-refractivity contribution in [3.63, 3.8) is 0 Å². The van der Waals surface area contributed by atoms with Gasteiger partial charge in [-0.05, 0) is 18.4 Å². The summed E-state index contributed by atoms with van der Waals surface area (Å²) in [5.74, 6) is 0. The third kappa shape index (κ3) is 2.67. The largest absolute Gasteiger partial charge is 0.366 e. The second-order valence-corrected chi connectivity index (χ2v) is 5.90. The van der Waals surface area contributed by atoms with Crippen LogP contribution in [-0.4, -0.2) is 35.7 Å². The summed E-state index contributed by atoms with van der Waals surface area (Å²) in [5.41, 5.74) is 1.22. The summed E-state index contributed by atoms with van der Waals surface area (Å²) in [6.07, 6.45) is 0. The maximum atomic E-state index is 5.67. The van der Waals surface area contributed by atoms with Crippen molar-refractivity contribution in [3.05, 3.63) is 42.5 Å². The Morgan fingerprint density at radius 3 is 2.90 bits per heavy atom. The molecule has 0 aliphatic carbocycles. The molecule has 0 amide bonds. The van der Waals surface area contributed by atoms with Crippen molar-refractivity contribution in [2.24, 2.45) is 4.99 Å². The standard InChI is InChI=1S/C16H18N2OS/c1-3-19-15-11-18(2)16(20-15)17-14-10-6-8-12-7-4-5-9-13(12)14/h4-10,15H,3,11H2,1-2H3/t15-/m0/s1. The lowest BCUT2D eigenvalue weighted by Crippen LogP contribution is -2.21. The van der Waals surface area contributed by atoms with Crippen molar-refractivity contribution in [1.82, 2.24) is 4.90 Å². The van der Waals surface area contributed by atoms with Gasteiger partial charge in [0.25, 0.3) is 0 Å². The van der Waals surface area contributed by atoms with Crippen LogP contribution in [0.2, 0.25) is 0 Å². The van der Waals surface area contributed by atoms with Crippen LogP contribution in [0, 0.1) is 0 Å². The van der Waals surface area contributed by atoms with E-state index in [0.29, 0.717) is 0 Å². The van der Waals surface area contributed by atoms with Gasteiger partial charge in [0.1, 0.15) is 5.44 Å². The number of rotatable bonds is 3. The fourth-order valence-corrected chi connectivity index (χ4v) is 3.48. The predicted octanol–water partition coefficient (Wildman–Crippen LogP) is 3.87. The molecule has 0 bridgehead atoms. The van der Waals surface area contributed by atoms with Crippen LogP contribution < -0.4 is 0 Å². The highest BCUT2D eigenvalue weighted by atomic mass is 32.2. The van der Waals surface area contributed by atoms with Crippen LogP contribution in [0.1, 0.15) is 6.92 Å². The molecule has 0 spiro atoms. The van der Waals surface area contributed by atoms with Crippen LogP contribution in [0.15, 0.2) is 47.5 Å². The predicted molar refractivity (Wildman–Crippen MR) is 86.7 cm³/mol. The van der Waals surface area contributed by atoms with Gasteiger partial charge < -0.3 is 9.64 Å². The van der Waals surface area contributed by atoms with Gasteiger partial charge in [0.2, 0.25) is 0 Å². The molecule has 1 aliphatic heterocycles. The van der Waals surface area contributed by atoms with Crippen molar-refractivity contribution < 1.29 is 4.74 Å². The summed E-state index contributed by atoms with van der Waals surface area (Å²) < 4.78 is 5.67. The molecule has 0 saturated carbocycles.